The molecule has 1 atom stereocenters. The van der Waals surface area contributed by atoms with E-state index in [1.165, 1.54) is 14.2 Å². The minimum absolute atomic E-state index is 0.0127. The van der Waals surface area contributed by atoms with E-state index >= 15 is 0 Å². The fourth-order valence-electron chi connectivity index (χ4n) is 1.32. The van der Waals surface area contributed by atoms with E-state index in [1.807, 2.05) is 0 Å². The lowest BCUT2D eigenvalue weighted by Gasteiger charge is -2.11. The number of carbonyl (C=O) groups excluding carboxylic acids is 1. The van der Waals surface area contributed by atoms with Crippen LogP contribution >= 0.6 is 0 Å². The number of aryl methyl sites for hydroxylation is 1. The molecule has 0 aromatic carbocycles. The quantitative estimate of drug-likeness (QED) is 0.690. The summed E-state index contributed by atoms with van der Waals surface area (Å²) < 4.78 is 9.35. The smallest absolute Gasteiger partial charge is 0.376 e. The van der Waals surface area contributed by atoms with Gasteiger partial charge in [-0.1, -0.05) is 0 Å². The van der Waals surface area contributed by atoms with Crippen molar-refractivity contribution >= 4 is 11.8 Å². The standard InChI is InChI=1S/C11H17N3O4/c1-7-4-9(12-5-8(15)6-17-2)14-10(13-7)11(16)18-3/h4,8,15H,5-6H2,1-3H3,(H,12,13,14). The van der Waals surface area contributed by atoms with Crippen molar-refractivity contribution in [1.82, 2.24) is 9.97 Å². The number of nitrogens with one attached hydrogen (secondary N) is 1. The maximum atomic E-state index is 11.3. The summed E-state index contributed by atoms with van der Waals surface area (Å²) in [6, 6.07) is 1.67. The van der Waals surface area contributed by atoms with Crippen LogP contribution in [-0.4, -0.2) is 54.5 Å². The lowest BCUT2D eigenvalue weighted by Crippen LogP contribution is -2.25. The molecule has 2 N–H and O–H groups in total. The summed E-state index contributed by atoms with van der Waals surface area (Å²) in [5.74, 6) is -0.154. The predicted octanol–water partition coefficient (Wildman–Crippen LogP) is -0.00918. The van der Waals surface area contributed by atoms with Gasteiger partial charge in [-0.05, 0) is 6.92 Å². The number of esters is 1. The Bertz CT molecular complexity index is 411. The van der Waals surface area contributed by atoms with E-state index in [9.17, 15) is 9.90 Å². The maximum Gasteiger partial charge on any atom is 0.376 e. The molecule has 0 radical (unpaired) electrons. The first kappa shape index (κ1) is 14.3. The number of aliphatic hydroxyl groups excluding tert-OH is 1. The highest BCUT2D eigenvalue weighted by molar-refractivity contribution is 5.85. The number of aliphatic hydroxyl groups is 1. The molecule has 100 valence electrons. The molecule has 1 aromatic heterocycles. The lowest BCUT2D eigenvalue weighted by atomic mass is 10.3. The Morgan fingerprint density at radius 1 is 1.50 bits per heavy atom. The van der Waals surface area contributed by atoms with Gasteiger partial charge in [-0.15, -0.1) is 0 Å². The van der Waals surface area contributed by atoms with Gasteiger partial charge in [0, 0.05) is 25.4 Å². The van der Waals surface area contributed by atoms with Crippen LogP contribution in [0.5, 0.6) is 0 Å². The molecule has 18 heavy (non-hydrogen) atoms. The second kappa shape index (κ2) is 6.87. The van der Waals surface area contributed by atoms with Crippen molar-refractivity contribution in [3.63, 3.8) is 0 Å². The van der Waals surface area contributed by atoms with Crippen LogP contribution < -0.4 is 5.32 Å². The number of rotatable bonds is 6. The van der Waals surface area contributed by atoms with Gasteiger partial charge in [0.2, 0.25) is 5.82 Å². The molecular formula is C11H17N3O4. The number of methoxy groups -OCH3 is 2. The zero-order valence-electron chi connectivity index (χ0n) is 10.6. The van der Waals surface area contributed by atoms with Crippen molar-refractivity contribution in [2.24, 2.45) is 0 Å². The number of anilines is 1. The minimum atomic E-state index is -0.646. The average Bonchev–Trinajstić information content (AvgIpc) is 2.35. The van der Waals surface area contributed by atoms with E-state index < -0.39 is 12.1 Å². The van der Waals surface area contributed by atoms with E-state index in [-0.39, 0.29) is 19.0 Å². The molecule has 0 saturated carbocycles. The molecule has 0 saturated heterocycles. The zero-order chi connectivity index (χ0) is 13.5. The first-order valence-corrected chi connectivity index (χ1v) is 5.41. The highest BCUT2D eigenvalue weighted by Gasteiger charge is 2.12. The molecule has 0 aliphatic rings. The third-order valence-corrected chi connectivity index (χ3v) is 2.10. The molecule has 0 spiro atoms. The number of hydrogen-bond acceptors (Lipinski definition) is 7. The van der Waals surface area contributed by atoms with Gasteiger partial charge in [-0.25, -0.2) is 14.8 Å². The van der Waals surface area contributed by atoms with Crippen molar-refractivity contribution in [2.75, 3.05) is 32.7 Å². The van der Waals surface area contributed by atoms with Gasteiger partial charge in [0.25, 0.3) is 0 Å². The zero-order valence-corrected chi connectivity index (χ0v) is 10.6. The topological polar surface area (TPSA) is 93.6 Å². The van der Waals surface area contributed by atoms with Crippen molar-refractivity contribution in [1.29, 1.82) is 0 Å². The van der Waals surface area contributed by atoms with Crippen molar-refractivity contribution in [3.8, 4) is 0 Å². The highest BCUT2D eigenvalue weighted by atomic mass is 16.5. The number of carbonyl (C=O) groups is 1. The first-order chi connectivity index (χ1) is 8.56. The molecule has 0 aliphatic heterocycles. The Morgan fingerprint density at radius 2 is 2.22 bits per heavy atom. The van der Waals surface area contributed by atoms with E-state index in [0.717, 1.165) is 0 Å². The number of aromatic nitrogens is 2. The van der Waals surface area contributed by atoms with Crippen LogP contribution in [-0.2, 0) is 9.47 Å². The molecule has 0 bridgehead atoms. The molecule has 7 nitrogen and oxygen atoms in total. The first-order valence-electron chi connectivity index (χ1n) is 5.41. The summed E-state index contributed by atoms with van der Waals surface area (Å²) in [5.41, 5.74) is 0.633. The lowest BCUT2D eigenvalue weighted by molar-refractivity contribution is 0.0586. The molecule has 7 heteroatoms. The van der Waals surface area contributed by atoms with E-state index in [0.29, 0.717) is 11.5 Å². The SMILES string of the molecule is COCC(O)CNc1cc(C)nc(C(=O)OC)n1. The van der Waals surface area contributed by atoms with Crippen molar-refractivity contribution in [3.05, 3.63) is 17.6 Å². The van der Waals surface area contributed by atoms with Crippen LogP contribution in [0.2, 0.25) is 0 Å². The fourth-order valence-corrected chi connectivity index (χ4v) is 1.32. The summed E-state index contributed by atoms with van der Waals surface area (Å²) in [7, 11) is 2.77. The van der Waals surface area contributed by atoms with E-state index in [1.54, 1.807) is 13.0 Å². The van der Waals surface area contributed by atoms with Gasteiger partial charge in [0.1, 0.15) is 5.82 Å². The molecule has 0 fully saturated rings. The summed E-state index contributed by atoms with van der Waals surface area (Å²) in [6.45, 7) is 2.23. The Hall–Kier alpha value is -1.73. The Labute approximate surface area is 105 Å². The van der Waals surface area contributed by atoms with Crippen molar-refractivity contribution < 1.29 is 19.4 Å². The summed E-state index contributed by atoms with van der Waals surface area (Å²) in [4.78, 5) is 19.3. The van der Waals surface area contributed by atoms with Crippen LogP contribution in [0.25, 0.3) is 0 Å². The Balaban J connectivity index is 2.71. The fraction of sp³-hybridized carbons (Fsp3) is 0.545. The normalized spacial score (nSPS) is 12.0. The molecule has 1 heterocycles. The van der Waals surface area contributed by atoms with Crippen LogP contribution in [0.4, 0.5) is 5.82 Å². The second-order valence-corrected chi connectivity index (χ2v) is 3.70. The highest BCUT2D eigenvalue weighted by Crippen LogP contribution is 2.07. The molecule has 1 aromatic rings. The summed E-state index contributed by atoms with van der Waals surface area (Å²) in [5, 5.41) is 12.4. The van der Waals surface area contributed by atoms with E-state index in [2.05, 4.69) is 20.0 Å². The number of nitrogens with zero attached hydrogens (tertiary/aromatic N) is 2. The van der Waals surface area contributed by atoms with E-state index in [4.69, 9.17) is 4.74 Å². The molecule has 0 aliphatic carbocycles. The summed E-state index contributed by atoms with van der Waals surface area (Å²) >= 11 is 0. The largest absolute Gasteiger partial charge is 0.463 e. The van der Waals surface area contributed by atoms with Gasteiger partial charge in [0.05, 0.1) is 19.8 Å². The van der Waals surface area contributed by atoms with Crippen LogP contribution in [0.3, 0.4) is 0 Å². The molecule has 1 unspecified atom stereocenters. The Kier molecular flexibility index (Phi) is 5.47. The minimum Gasteiger partial charge on any atom is -0.463 e. The average molecular weight is 255 g/mol. The van der Waals surface area contributed by atoms with Gasteiger partial charge in [0.15, 0.2) is 0 Å². The van der Waals surface area contributed by atoms with Crippen LogP contribution in [0.15, 0.2) is 6.07 Å². The maximum absolute atomic E-state index is 11.3. The number of ether oxygens (including phenoxy) is 2. The van der Waals surface area contributed by atoms with Gasteiger partial charge < -0.3 is 19.9 Å². The molecular weight excluding hydrogens is 238 g/mol. The second-order valence-electron chi connectivity index (χ2n) is 3.70. The molecule has 1 rings (SSSR count). The third kappa shape index (κ3) is 4.27. The summed E-state index contributed by atoms with van der Waals surface area (Å²) in [6.07, 6.45) is -0.646. The van der Waals surface area contributed by atoms with Crippen LogP contribution in [0.1, 0.15) is 16.3 Å². The van der Waals surface area contributed by atoms with Gasteiger partial charge >= 0.3 is 5.97 Å². The third-order valence-electron chi connectivity index (χ3n) is 2.10. The predicted molar refractivity (Wildman–Crippen MR) is 64.5 cm³/mol. The molecule has 0 amide bonds. The Morgan fingerprint density at radius 3 is 2.83 bits per heavy atom. The van der Waals surface area contributed by atoms with Crippen molar-refractivity contribution in [2.45, 2.75) is 13.0 Å². The van der Waals surface area contributed by atoms with Gasteiger partial charge in [-0.3, -0.25) is 0 Å². The van der Waals surface area contributed by atoms with Crippen LogP contribution in [0, 0.1) is 6.92 Å². The monoisotopic (exact) mass is 255 g/mol. The van der Waals surface area contributed by atoms with Gasteiger partial charge in [-0.2, -0.15) is 0 Å². The number of hydrogen-bond donors (Lipinski definition) is 2.